The van der Waals surface area contributed by atoms with Crippen LogP contribution in [0.25, 0.3) is 0 Å². The van der Waals surface area contributed by atoms with Gasteiger partial charge < -0.3 is 43.4 Å². The van der Waals surface area contributed by atoms with Gasteiger partial charge in [0.2, 0.25) is 11.8 Å². The van der Waals surface area contributed by atoms with Gasteiger partial charge in [-0.25, -0.2) is 9.48 Å². The number of amides is 4. The molecule has 1 aromatic heterocycles. The predicted octanol–water partition coefficient (Wildman–Crippen LogP) is 0.341. The number of hydrogen-bond acceptors (Lipinski definition) is 12. The predicted molar refractivity (Wildman–Crippen MR) is 164 cm³/mol. The lowest BCUT2D eigenvalue weighted by atomic mass is 10.1. The fraction of sp³-hybridized carbons (Fsp3) is 0.833. The zero-order chi connectivity index (χ0) is 32.8. The van der Waals surface area contributed by atoms with Crippen molar-refractivity contribution in [1.82, 2.24) is 30.1 Å². The molecule has 262 valence electrons. The molecule has 0 aromatic carbocycles. The first kappa shape index (κ1) is 37.7. The summed E-state index contributed by atoms with van der Waals surface area (Å²) < 4.78 is 40.1. The van der Waals surface area contributed by atoms with E-state index in [9.17, 15) is 14.4 Å². The van der Waals surface area contributed by atoms with Crippen LogP contribution in [-0.4, -0.2) is 155 Å². The molecule has 2 aliphatic heterocycles. The summed E-state index contributed by atoms with van der Waals surface area (Å²) in [7, 11) is 0. The van der Waals surface area contributed by atoms with Crippen molar-refractivity contribution < 1.29 is 47.5 Å². The summed E-state index contributed by atoms with van der Waals surface area (Å²) in [5, 5.41) is 10.9. The highest BCUT2D eigenvalue weighted by Crippen LogP contribution is 2.20. The SMILES string of the molecule is CC1CCN(C(=O)NCCOCCOCCOCCOCCOCCOCCOCCn2cc(CN3C(=O)CC(C)C3=O)nn2)C1. The third kappa shape index (κ3) is 15.2. The molecule has 1 N–H and O–H groups in total. The largest absolute Gasteiger partial charge is 0.377 e. The molecule has 46 heavy (non-hydrogen) atoms. The summed E-state index contributed by atoms with van der Waals surface area (Å²) in [6.07, 6.45) is 3.04. The van der Waals surface area contributed by atoms with E-state index in [0.29, 0.717) is 117 Å². The average molecular weight is 657 g/mol. The molecule has 3 heterocycles. The van der Waals surface area contributed by atoms with Crippen LogP contribution in [0.3, 0.4) is 0 Å². The number of nitrogens with one attached hydrogen (secondary N) is 1. The molecule has 16 heteroatoms. The van der Waals surface area contributed by atoms with Crippen molar-refractivity contribution in [2.24, 2.45) is 11.8 Å². The zero-order valence-electron chi connectivity index (χ0n) is 27.4. The van der Waals surface area contributed by atoms with Gasteiger partial charge >= 0.3 is 6.03 Å². The molecule has 1 aromatic rings. The average Bonchev–Trinajstić information content (AvgIpc) is 3.75. The Balaban J connectivity index is 0.974. The van der Waals surface area contributed by atoms with E-state index >= 15 is 0 Å². The monoisotopic (exact) mass is 656 g/mol. The number of imide groups is 1. The van der Waals surface area contributed by atoms with Gasteiger partial charge in [-0.15, -0.1) is 5.10 Å². The maximum atomic E-state index is 12.0. The van der Waals surface area contributed by atoms with Gasteiger partial charge in [-0.1, -0.05) is 19.1 Å². The van der Waals surface area contributed by atoms with Gasteiger partial charge in [0.05, 0.1) is 112 Å². The summed E-state index contributed by atoms with van der Waals surface area (Å²) in [5.74, 6) is -0.0244. The number of rotatable bonds is 26. The number of ether oxygens (including phenoxy) is 7. The molecule has 16 nitrogen and oxygen atoms in total. The first-order valence-electron chi connectivity index (χ1n) is 16.2. The van der Waals surface area contributed by atoms with Crippen molar-refractivity contribution in [1.29, 1.82) is 0 Å². The molecule has 0 aliphatic carbocycles. The van der Waals surface area contributed by atoms with Crippen molar-refractivity contribution in [2.75, 3.05) is 112 Å². The second-order valence-electron chi connectivity index (χ2n) is 11.3. The summed E-state index contributed by atoms with van der Waals surface area (Å²) >= 11 is 0. The van der Waals surface area contributed by atoms with E-state index in [1.165, 1.54) is 4.90 Å². The molecule has 3 rings (SSSR count). The number of carbonyl (C=O) groups is 3. The van der Waals surface area contributed by atoms with Crippen molar-refractivity contribution in [3.05, 3.63) is 11.9 Å². The van der Waals surface area contributed by atoms with E-state index in [1.54, 1.807) is 17.8 Å². The summed E-state index contributed by atoms with van der Waals surface area (Å²) in [4.78, 5) is 39.0. The number of aromatic nitrogens is 3. The Morgan fingerprint density at radius 2 is 1.33 bits per heavy atom. The third-order valence-corrected chi connectivity index (χ3v) is 7.31. The van der Waals surface area contributed by atoms with Gasteiger partial charge in [-0.05, 0) is 12.3 Å². The van der Waals surface area contributed by atoms with Crippen LogP contribution >= 0.6 is 0 Å². The second kappa shape index (κ2) is 22.7. The van der Waals surface area contributed by atoms with Crippen molar-refractivity contribution in [3.63, 3.8) is 0 Å². The number of carbonyl (C=O) groups excluding carboxylic acids is 3. The van der Waals surface area contributed by atoms with Gasteiger partial charge in [-0.2, -0.15) is 0 Å². The first-order valence-corrected chi connectivity index (χ1v) is 16.2. The van der Waals surface area contributed by atoms with E-state index in [1.807, 2.05) is 4.90 Å². The second-order valence-corrected chi connectivity index (χ2v) is 11.3. The molecular formula is C30H52N6O10. The van der Waals surface area contributed by atoms with Crippen LogP contribution in [0.4, 0.5) is 4.79 Å². The Hall–Kier alpha value is -2.73. The molecule has 2 saturated heterocycles. The van der Waals surface area contributed by atoms with Gasteiger partial charge in [-0.3, -0.25) is 14.5 Å². The van der Waals surface area contributed by atoms with Crippen molar-refractivity contribution >= 4 is 17.8 Å². The summed E-state index contributed by atoms with van der Waals surface area (Å²) in [6.45, 7) is 13.3. The fourth-order valence-electron chi connectivity index (χ4n) is 4.74. The minimum absolute atomic E-state index is 0.0127. The third-order valence-electron chi connectivity index (χ3n) is 7.31. The number of nitrogens with zero attached hydrogens (tertiary/aromatic N) is 5. The molecular weight excluding hydrogens is 604 g/mol. The Morgan fingerprint density at radius 3 is 1.80 bits per heavy atom. The van der Waals surface area contributed by atoms with Crippen LogP contribution in [0.1, 0.15) is 32.4 Å². The van der Waals surface area contributed by atoms with Crippen LogP contribution in [0.2, 0.25) is 0 Å². The lowest BCUT2D eigenvalue weighted by Gasteiger charge is -2.16. The summed E-state index contributed by atoms with van der Waals surface area (Å²) in [6, 6.07) is -0.0127. The number of hydrogen-bond donors (Lipinski definition) is 1. The van der Waals surface area contributed by atoms with Gasteiger partial charge in [0.15, 0.2) is 0 Å². The lowest BCUT2D eigenvalue weighted by Crippen LogP contribution is -2.39. The molecule has 4 amide bonds. The zero-order valence-corrected chi connectivity index (χ0v) is 27.4. The van der Waals surface area contributed by atoms with Gasteiger partial charge in [0, 0.05) is 32.0 Å². The Morgan fingerprint density at radius 1 is 0.804 bits per heavy atom. The smallest absolute Gasteiger partial charge is 0.317 e. The number of urea groups is 1. The topological polar surface area (TPSA) is 165 Å². The Labute approximate surface area is 271 Å². The van der Waals surface area contributed by atoms with Crippen LogP contribution in [-0.2, 0) is 55.8 Å². The van der Waals surface area contributed by atoms with Crippen molar-refractivity contribution in [2.45, 2.75) is 39.8 Å². The van der Waals surface area contributed by atoms with E-state index in [0.717, 1.165) is 19.5 Å². The van der Waals surface area contributed by atoms with Gasteiger partial charge in [0.25, 0.3) is 0 Å². The van der Waals surface area contributed by atoms with E-state index < -0.39 is 0 Å². The van der Waals surface area contributed by atoms with E-state index in [2.05, 4.69) is 22.6 Å². The maximum Gasteiger partial charge on any atom is 0.317 e. The fourth-order valence-corrected chi connectivity index (χ4v) is 4.74. The molecule has 2 aliphatic rings. The van der Waals surface area contributed by atoms with Crippen LogP contribution in [0, 0.1) is 11.8 Å². The Kier molecular flexibility index (Phi) is 18.6. The minimum atomic E-state index is -0.270. The molecule has 2 fully saturated rings. The number of likely N-dealkylation sites (tertiary alicyclic amines) is 2. The Bertz CT molecular complexity index is 1010. The highest BCUT2D eigenvalue weighted by atomic mass is 16.6. The lowest BCUT2D eigenvalue weighted by molar-refractivity contribution is -0.140. The molecule has 0 radical (unpaired) electrons. The molecule has 2 atom stereocenters. The summed E-state index contributed by atoms with van der Waals surface area (Å²) in [5.41, 5.74) is 0.570. The highest BCUT2D eigenvalue weighted by molar-refractivity contribution is 6.03. The standard InChI is InChI=1S/C30H52N6O10/c1-25-3-5-34(22-25)30(39)31-4-7-40-9-11-42-13-15-44-17-19-46-20-18-45-16-14-43-12-10-41-8-6-35-23-27(32-33-35)24-36-28(37)21-26(2)29(36)38/h23,25-26H,3-22,24H2,1-2H3,(H,31,39). The van der Waals surface area contributed by atoms with Crippen molar-refractivity contribution in [3.8, 4) is 0 Å². The maximum absolute atomic E-state index is 12.0. The van der Waals surface area contributed by atoms with Crippen LogP contribution < -0.4 is 5.32 Å². The van der Waals surface area contributed by atoms with E-state index in [4.69, 9.17) is 33.2 Å². The normalized spacial score (nSPS) is 18.3. The van der Waals surface area contributed by atoms with E-state index in [-0.39, 0.29) is 36.7 Å². The molecule has 0 spiro atoms. The van der Waals surface area contributed by atoms with Crippen LogP contribution in [0.15, 0.2) is 6.20 Å². The minimum Gasteiger partial charge on any atom is -0.377 e. The quantitative estimate of drug-likeness (QED) is 0.108. The van der Waals surface area contributed by atoms with Crippen LogP contribution in [0.5, 0.6) is 0 Å². The molecule has 2 unspecified atom stereocenters. The highest BCUT2D eigenvalue weighted by Gasteiger charge is 2.35. The van der Waals surface area contributed by atoms with Gasteiger partial charge in [0.1, 0.15) is 5.69 Å². The molecule has 0 bridgehead atoms. The molecule has 0 saturated carbocycles. The first-order chi connectivity index (χ1) is 22.4.